The summed E-state index contributed by atoms with van der Waals surface area (Å²) in [6.07, 6.45) is 1.12. The van der Waals surface area contributed by atoms with Crippen LogP contribution in [-0.2, 0) is 28.8 Å². The third-order valence-corrected chi connectivity index (χ3v) is 5.19. The van der Waals surface area contributed by atoms with Crippen molar-refractivity contribution in [3.05, 3.63) is 0 Å². The molecule has 0 aromatic carbocycles. The van der Waals surface area contributed by atoms with Crippen molar-refractivity contribution in [2.24, 2.45) is 22.9 Å². The molecule has 13 N–H and O–H groups in total. The topological polar surface area (TPSA) is 283 Å². The van der Waals surface area contributed by atoms with E-state index in [1.807, 2.05) is 0 Å². The van der Waals surface area contributed by atoms with Crippen LogP contribution in [0.5, 0.6) is 0 Å². The highest BCUT2D eigenvalue weighted by Crippen LogP contribution is 2.07. The van der Waals surface area contributed by atoms with Gasteiger partial charge in [0.25, 0.3) is 0 Å². The summed E-state index contributed by atoms with van der Waals surface area (Å²) < 4.78 is 0. The summed E-state index contributed by atoms with van der Waals surface area (Å²) in [7, 11) is 0. The molecule has 36 heavy (non-hydrogen) atoms. The van der Waals surface area contributed by atoms with Crippen LogP contribution in [0, 0.1) is 0 Å². The zero-order valence-corrected chi connectivity index (χ0v) is 20.2. The number of nitrogens with two attached hydrogens (primary N) is 4. The third kappa shape index (κ3) is 14.2. The Kier molecular flexibility index (Phi) is 16.4. The highest BCUT2D eigenvalue weighted by molar-refractivity contribution is 5.94. The normalized spacial score (nSPS) is 14.1. The molecule has 0 rings (SSSR count). The summed E-state index contributed by atoms with van der Waals surface area (Å²) in [6, 6.07) is -5.05. The Morgan fingerprint density at radius 1 is 0.667 bits per heavy atom. The maximum atomic E-state index is 13.0. The zero-order chi connectivity index (χ0) is 27.7. The molecule has 4 unspecified atom stereocenters. The summed E-state index contributed by atoms with van der Waals surface area (Å²) in [4.78, 5) is 71.5. The fourth-order valence-electron chi connectivity index (χ4n) is 3.16. The van der Waals surface area contributed by atoms with Crippen molar-refractivity contribution in [2.45, 2.75) is 82.0 Å². The summed E-state index contributed by atoms with van der Waals surface area (Å²) in [5, 5.41) is 25.2. The second-order valence-electron chi connectivity index (χ2n) is 8.30. The molecule has 206 valence electrons. The molecule has 4 atom stereocenters. The monoisotopic (exact) mass is 517 g/mol. The number of carbonyl (C=O) groups is 6. The quantitative estimate of drug-likeness (QED) is 0.0726. The van der Waals surface area contributed by atoms with E-state index in [1.54, 1.807) is 0 Å². The largest absolute Gasteiger partial charge is 0.481 e. The number of nitrogens with one attached hydrogen (secondary N) is 3. The van der Waals surface area contributed by atoms with Gasteiger partial charge in [0.1, 0.15) is 18.1 Å². The van der Waals surface area contributed by atoms with Crippen molar-refractivity contribution in [2.75, 3.05) is 13.1 Å². The second kappa shape index (κ2) is 18.0. The predicted octanol–water partition coefficient (Wildman–Crippen LogP) is -3.15. The molecular weight excluding hydrogens is 478 g/mol. The Bertz CT molecular complexity index is 765. The number of carboxylic acid groups (broad SMARTS) is 2. The Morgan fingerprint density at radius 3 is 1.50 bits per heavy atom. The van der Waals surface area contributed by atoms with E-state index < -0.39 is 66.2 Å². The van der Waals surface area contributed by atoms with E-state index in [0.717, 1.165) is 0 Å². The van der Waals surface area contributed by atoms with Gasteiger partial charge in [-0.3, -0.25) is 24.0 Å². The Hall–Kier alpha value is -3.30. The van der Waals surface area contributed by atoms with Crippen LogP contribution in [-0.4, -0.2) is 83.0 Å². The van der Waals surface area contributed by atoms with E-state index in [4.69, 9.17) is 28.0 Å². The van der Waals surface area contributed by atoms with Crippen molar-refractivity contribution in [1.82, 2.24) is 16.0 Å². The van der Waals surface area contributed by atoms with E-state index in [9.17, 15) is 33.9 Å². The fourth-order valence-corrected chi connectivity index (χ4v) is 3.16. The van der Waals surface area contributed by atoms with Crippen LogP contribution in [0.4, 0.5) is 0 Å². The molecule has 0 aromatic rings. The van der Waals surface area contributed by atoms with Crippen LogP contribution >= 0.6 is 0 Å². The maximum Gasteiger partial charge on any atom is 0.326 e. The van der Waals surface area contributed by atoms with E-state index >= 15 is 0 Å². The number of hydrogen-bond acceptors (Lipinski definition) is 9. The molecule has 0 fully saturated rings. The van der Waals surface area contributed by atoms with Gasteiger partial charge in [-0.25, -0.2) is 4.79 Å². The molecule has 0 aliphatic carbocycles. The molecule has 0 radical (unpaired) electrons. The van der Waals surface area contributed by atoms with Gasteiger partial charge < -0.3 is 49.1 Å². The molecule has 0 aliphatic rings. The number of primary amides is 1. The summed E-state index contributed by atoms with van der Waals surface area (Å²) in [5.41, 5.74) is 21.7. The molecular formula is C21H39N7O8. The number of amides is 4. The average molecular weight is 518 g/mol. The van der Waals surface area contributed by atoms with Gasteiger partial charge in [0, 0.05) is 6.42 Å². The Labute approximate surface area is 209 Å². The van der Waals surface area contributed by atoms with Gasteiger partial charge in [-0.05, 0) is 58.0 Å². The summed E-state index contributed by atoms with van der Waals surface area (Å²) >= 11 is 0. The molecule has 4 amide bonds. The molecule has 0 aliphatic heterocycles. The van der Waals surface area contributed by atoms with Crippen molar-refractivity contribution >= 4 is 35.6 Å². The molecule has 0 spiro atoms. The first-order chi connectivity index (χ1) is 16.9. The van der Waals surface area contributed by atoms with E-state index in [1.165, 1.54) is 0 Å². The Balaban J connectivity index is 5.53. The van der Waals surface area contributed by atoms with Gasteiger partial charge in [0.2, 0.25) is 23.6 Å². The van der Waals surface area contributed by atoms with Gasteiger partial charge >= 0.3 is 11.9 Å². The van der Waals surface area contributed by atoms with Gasteiger partial charge in [-0.2, -0.15) is 0 Å². The predicted molar refractivity (Wildman–Crippen MR) is 128 cm³/mol. The first-order valence-corrected chi connectivity index (χ1v) is 11.7. The smallest absolute Gasteiger partial charge is 0.326 e. The first-order valence-electron chi connectivity index (χ1n) is 11.7. The molecule has 0 saturated carbocycles. The van der Waals surface area contributed by atoms with Crippen molar-refractivity contribution < 1.29 is 39.0 Å². The number of rotatable bonds is 20. The second-order valence-corrected chi connectivity index (χ2v) is 8.30. The van der Waals surface area contributed by atoms with Crippen LogP contribution in [0.25, 0.3) is 0 Å². The van der Waals surface area contributed by atoms with Crippen LogP contribution < -0.4 is 38.9 Å². The van der Waals surface area contributed by atoms with Gasteiger partial charge in [-0.1, -0.05) is 0 Å². The Morgan fingerprint density at radius 2 is 1.11 bits per heavy atom. The fraction of sp³-hybridized carbons (Fsp3) is 0.714. The van der Waals surface area contributed by atoms with E-state index in [0.29, 0.717) is 38.8 Å². The minimum atomic E-state index is -1.59. The molecule has 15 nitrogen and oxygen atoms in total. The van der Waals surface area contributed by atoms with Crippen molar-refractivity contribution in [1.29, 1.82) is 0 Å². The number of carbonyl (C=O) groups excluding carboxylic acids is 4. The minimum absolute atomic E-state index is 0.110. The zero-order valence-electron chi connectivity index (χ0n) is 20.2. The van der Waals surface area contributed by atoms with Crippen LogP contribution in [0.1, 0.15) is 57.8 Å². The lowest BCUT2D eigenvalue weighted by Gasteiger charge is -2.25. The third-order valence-electron chi connectivity index (χ3n) is 5.19. The van der Waals surface area contributed by atoms with Gasteiger partial charge in [0.15, 0.2) is 0 Å². The molecule has 15 heteroatoms. The number of aliphatic carboxylic acids is 2. The van der Waals surface area contributed by atoms with E-state index in [2.05, 4.69) is 16.0 Å². The number of carboxylic acids is 2. The summed E-state index contributed by atoms with van der Waals surface area (Å²) in [5.74, 6) is -5.84. The van der Waals surface area contributed by atoms with Crippen LogP contribution in [0.3, 0.4) is 0 Å². The lowest BCUT2D eigenvalue weighted by atomic mass is 10.0. The highest BCUT2D eigenvalue weighted by Gasteiger charge is 2.30. The van der Waals surface area contributed by atoms with Crippen LogP contribution in [0.15, 0.2) is 0 Å². The number of unbranched alkanes of at least 4 members (excludes halogenated alkanes) is 2. The molecule has 0 heterocycles. The number of hydrogen-bond donors (Lipinski definition) is 9. The SMILES string of the molecule is NCCCCC(NC(=O)C(N)CCC(=O)O)C(=O)NC(CCCCN)C(=O)NC(CC(N)=O)C(=O)O. The van der Waals surface area contributed by atoms with Gasteiger partial charge in [-0.15, -0.1) is 0 Å². The van der Waals surface area contributed by atoms with Crippen molar-refractivity contribution in [3.63, 3.8) is 0 Å². The lowest BCUT2D eigenvalue weighted by Crippen LogP contribution is -2.57. The maximum absolute atomic E-state index is 13.0. The van der Waals surface area contributed by atoms with Gasteiger partial charge in [0.05, 0.1) is 12.5 Å². The minimum Gasteiger partial charge on any atom is -0.481 e. The first kappa shape index (κ1) is 32.7. The lowest BCUT2D eigenvalue weighted by molar-refractivity contribution is -0.144. The highest BCUT2D eigenvalue weighted by atomic mass is 16.4. The molecule has 0 saturated heterocycles. The molecule has 0 bridgehead atoms. The van der Waals surface area contributed by atoms with Crippen molar-refractivity contribution in [3.8, 4) is 0 Å². The average Bonchev–Trinajstić information content (AvgIpc) is 2.80. The molecule has 0 aromatic heterocycles. The van der Waals surface area contributed by atoms with Crippen LogP contribution in [0.2, 0.25) is 0 Å². The van der Waals surface area contributed by atoms with E-state index in [-0.39, 0.29) is 25.7 Å². The summed E-state index contributed by atoms with van der Waals surface area (Å²) in [6.45, 7) is 0.675. The standard InChI is InChI=1S/C21H39N7O8/c22-9-3-1-5-13(26-18(32)12(24)7-8-17(30)31)19(33)27-14(6-2-4-10-23)20(34)28-15(21(35)36)11-16(25)29/h12-15H,1-11,22-24H2,(H2,25,29)(H,26,32)(H,27,33)(H,28,34)(H,30,31)(H,35,36).